The molecule has 38 heavy (non-hydrogen) atoms. The molecule has 4 N–H and O–H groups in total. The zero-order valence-corrected chi connectivity index (χ0v) is 22.3. The van der Waals surface area contributed by atoms with Crippen LogP contribution in [0, 0.1) is 0 Å². The number of aromatic amines is 1. The predicted molar refractivity (Wildman–Crippen MR) is 150 cm³/mol. The summed E-state index contributed by atoms with van der Waals surface area (Å²) in [4.78, 5) is 32.0. The molecule has 1 amide bonds. The molecule has 0 saturated heterocycles. The number of aryl methyl sites for hydroxylation is 1. The maximum atomic E-state index is 12.7. The number of imidazole rings is 1. The van der Waals surface area contributed by atoms with Gasteiger partial charge < -0.3 is 16.0 Å². The van der Waals surface area contributed by atoms with Crippen LogP contribution in [0.1, 0.15) is 46.3 Å². The zero-order chi connectivity index (χ0) is 26.5. The van der Waals surface area contributed by atoms with E-state index in [9.17, 15) is 4.79 Å². The average molecular weight is 550 g/mol. The Bertz CT molecular complexity index is 1420. The van der Waals surface area contributed by atoms with E-state index in [-0.39, 0.29) is 34.1 Å². The molecule has 0 saturated carbocycles. The monoisotopic (exact) mass is 549 g/mol. The zero-order valence-electron chi connectivity index (χ0n) is 20.8. The molecule has 0 bridgehead atoms. The number of nitrogens with two attached hydrogens (primary N) is 1. The molecule has 5 rings (SSSR count). The highest BCUT2D eigenvalue weighted by atomic mass is 35.5. The van der Waals surface area contributed by atoms with Gasteiger partial charge in [0.1, 0.15) is 5.82 Å². The topological polar surface area (TPSA) is 113 Å². The summed E-state index contributed by atoms with van der Waals surface area (Å²) < 4.78 is 0. The van der Waals surface area contributed by atoms with Crippen LogP contribution in [0.15, 0.2) is 66.6 Å². The predicted octanol–water partition coefficient (Wildman–Crippen LogP) is 4.85. The number of nitrogens with zero attached hydrogens (tertiary/aromatic N) is 4. The van der Waals surface area contributed by atoms with Crippen LogP contribution < -0.4 is 11.1 Å². The number of H-pyrrole nitrogens is 1. The molecule has 3 heterocycles. The van der Waals surface area contributed by atoms with E-state index in [2.05, 4.69) is 32.3 Å². The smallest absolute Gasteiger partial charge is 0.254 e. The molecule has 1 aromatic carbocycles. The van der Waals surface area contributed by atoms with Crippen LogP contribution in [0.4, 0.5) is 0 Å². The van der Waals surface area contributed by atoms with Crippen molar-refractivity contribution in [1.29, 1.82) is 0 Å². The number of fused-ring (bicyclic) bond motifs is 2. The van der Waals surface area contributed by atoms with E-state index >= 15 is 0 Å². The minimum Gasteiger partial charge on any atom is -0.348 e. The molecular formula is C28H29Cl2N7O. The number of hydrogen-bond acceptors (Lipinski definition) is 6. The van der Waals surface area contributed by atoms with E-state index < -0.39 is 0 Å². The van der Waals surface area contributed by atoms with Crippen LogP contribution in [0.5, 0.6) is 0 Å². The number of nitrogens with one attached hydrogen (secondary N) is 2. The molecule has 0 fully saturated rings. The number of benzene rings is 1. The number of amides is 1. The number of carbonyl (C=O) groups excluding carboxylic acids is 1. The molecular weight excluding hydrogens is 521 g/mol. The lowest BCUT2D eigenvalue weighted by Gasteiger charge is -2.34. The first kappa shape index (κ1) is 26.3. The number of rotatable bonds is 9. The molecule has 1 aliphatic carbocycles. The standard InChI is InChI=1S/C28H29Cl2N7O/c29-20-15-32-16-21(30)26(20)28(38)34-14-18(13-31)10-12-37(17-25-35-22-7-1-2-8-23(22)36-25)24-9-3-5-19-6-4-11-33-27(19)24/h1-2,4,6-8,10-11,15-16,24H,3,5,9,12-14,17,31H2,(H,34,38)(H,35,36)/t24-/m0/s1. The highest BCUT2D eigenvalue weighted by Gasteiger charge is 2.27. The molecule has 3 aromatic heterocycles. The minimum absolute atomic E-state index is 0.146. The van der Waals surface area contributed by atoms with Crippen molar-refractivity contribution < 1.29 is 4.79 Å². The summed E-state index contributed by atoms with van der Waals surface area (Å²) in [5, 5.41) is 3.29. The van der Waals surface area contributed by atoms with Crippen molar-refractivity contribution in [2.45, 2.75) is 31.8 Å². The second-order valence-corrected chi connectivity index (χ2v) is 10.1. The normalized spacial score (nSPS) is 15.6. The van der Waals surface area contributed by atoms with Crippen molar-refractivity contribution in [3.8, 4) is 0 Å². The Morgan fingerprint density at radius 2 is 2.00 bits per heavy atom. The van der Waals surface area contributed by atoms with Gasteiger partial charge in [-0.05, 0) is 48.6 Å². The van der Waals surface area contributed by atoms with Crippen molar-refractivity contribution in [1.82, 2.24) is 30.2 Å². The third kappa shape index (κ3) is 5.89. The fourth-order valence-corrected chi connectivity index (χ4v) is 5.44. The lowest BCUT2D eigenvalue weighted by Crippen LogP contribution is -2.33. The number of halogens is 2. The van der Waals surface area contributed by atoms with Gasteiger partial charge in [0.25, 0.3) is 5.91 Å². The Morgan fingerprint density at radius 3 is 2.79 bits per heavy atom. The Labute approximate surface area is 231 Å². The molecule has 1 aliphatic rings. The molecule has 0 spiro atoms. The third-order valence-corrected chi connectivity index (χ3v) is 7.40. The lowest BCUT2D eigenvalue weighted by atomic mass is 9.90. The maximum absolute atomic E-state index is 12.7. The van der Waals surface area contributed by atoms with E-state index in [1.54, 1.807) is 0 Å². The lowest BCUT2D eigenvalue weighted by molar-refractivity contribution is 0.0957. The van der Waals surface area contributed by atoms with Crippen molar-refractivity contribution in [2.75, 3.05) is 19.6 Å². The van der Waals surface area contributed by atoms with Gasteiger partial charge in [0.2, 0.25) is 0 Å². The average Bonchev–Trinajstić information content (AvgIpc) is 3.34. The van der Waals surface area contributed by atoms with Gasteiger partial charge in [0.05, 0.1) is 44.9 Å². The SMILES string of the molecule is NCC(=CCN(Cc1nc2ccccc2[nH]1)[C@H]1CCCc2cccnc21)CNC(=O)c1c(Cl)cncc1Cl. The Morgan fingerprint density at radius 1 is 1.18 bits per heavy atom. The number of hydrogen-bond donors (Lipinski definition) is 3. The van der Waals surface area contributed by atoms with E-state index in [1.165, 1.54) is 18.0 Å². The fraction of sp³-hybridized carbons (Fsp3) is 0.286. The van der Waals surface area contributed by atoms with E-state index in [1.807, 2.05) is 36.5 Å². The van der Waals surface area contributed by atoms with Gasteiger partial charge in [-0.1, -0.05) is 47.5 Å². The molecule has 8 nitrogen and oxygen atoms in total. The summed E-state index contributed by atoms with van der Waals surface area (Å²) in [6.45, 7) is 1.83. The molecule has 0 radical (unpaired) electrons. The first-order valence-corrected chi connectivity index (χ1v) is 13.4. The molecule has 1 atom stereocenters. The molecule has 196 valence electrons. The summed E-state index contributed by atoms with van der Waals surface area (Å²) in [5.41, 5.74) is 11.5. The quantitative estimate of drug-likeness (QED) is 0.257. The van der Waals surface area contributed by atoms with E-state index in [0.29, 0.717) is 19.6 Å². The van der Waals surface area contributed by atoms with Crippen LogP contribution >= 0.6 is 23.2 Å². The number of pyridine rings is 2. The second-order valence-electron chi connectivity index (χ2n) is 9.31. The van der Waals surface area contributed by atoms with Crippen molar-refractivity contribution in [3.63, 3.8) is 0 Å². The number of para-hydroxylation sites is 2. The summed E-state index contributed by atoms with van der Waals surface area (Å²) in [6, 6.07) is 12.3. The van der Waals surface area contributed by atoms with Crippen LogP contribution in [-0.4, -0.2) is 50.4 Å². The second kappa shape index (κ2) is 12.0. The highest BCUT2D eigenvalue weighted by Crippen LogP contribution is 2.33. The third-order valence-electron chi connectivity index (χ3n) is 6.83. The summed E-state index contributed by atoms with van der Waals surface area (Å²) in [7, 11) is 0. The Balaban J connectivity index is 1.36. The van der Waals surface area contributed by atoms with Gasteiger partial charge in [0, 0.05) is 38.2 Å². The van der Waals surface area contributed by atoms with Gasteiger partial charge >= 0.3 is 0 Å². The van der Waals surface area contributed by atoms with E-state index in [0.717, 1.165) is 47.4 Å². The largest absolute Gasteiger partial charge is 0.348 e. The van der Waals surface area contributed by atoms with Gasteiger partial charge in [0.15, 0.2) is 0 Å². The molecule has 0 aliphatic heterocycles. The van der Waals surface area contributed by atoms with Crippen LogP contribution in [-0.2, 0) is 13.0 Å². The first-order valence-electron chi connectivity index (χ1n) is 12.6. The van der Waals surface area contributed by atoms with Gasteiger partial charge in [-0.15, -0.1) is 0 Å². The van der Waals surface area contributed by atoms with Gasteiger partial charge in [-0.2, -0.15) is 0 Å². The van der Waals surface area contributed by atoms with Crippen LogP contribution in [0.3, 0.4) is 0 Å². The number of aromatic nitrogens is 4. The van der Waals surface area contributed by atoms with Crippen molar-refractivity contribution in [3.05, 3.63) is 99.3 Å². The van der Waals surface area contributed by atoms with Crippen LogP contribution in [0.25, 0.3) is 11.0 Å². The van der Waals surface area contributed by atoms with Crippen molar-refractivity contribution in [2.24, 2.45) is 5.73 Å². The van der Waals surface area contributed by atoms with Gasteiger partial charge in [-0.25, -0.2) is 4.98 Å². The summed E-state index contributed by atoms with van der Waals surface area (Å²) in [6.07, 6.45) is 9.87. The first-order chi connectivity index (χ1) is 18.5. The van der Waals surface area contributed by atoms with Gasteiger partial charge in [-0.3, -0.25) is 19.7 Å². The highest BCUT2D eigenvalue weighted by molar-refractivity contribution is 6.39. The maximum Gasteiger partial charge on any atom is 0.254 e. The molecule has 10 heteroatoms. The Hall–Kier alpha value is -3.30. The minimum atomic E-state index is -0.369. The summed E-state index contributed by atoms with van der Waals surface area (Å²) >= 11 is 12.3. The molecule has 4 aromatic rings. The van der Waals surface area contributed by atoms with E-state index in [4.69, 9.17) is 38.9 Å². The van der Waals surface area contributed by atoms with Crippen LogP contribution in [0.2, 0.25) is 10.0 Å². The fourth-order valence-electron chi connectivity index (χ4n) is 4.90. The number of carbonyl (C=O) groups is 1. The molecule has 0 unspecified atom stereocenters. The summed E-state index contributed by atoms with van der Waals surface area (Å²) in [5.74, 6) is 0.526. The van der Waals surface area contributed by atoms with Crippen molar-refractivity contribution >= 4 is 40.1 Å². The Kier molecular flexibility index (Phi) is 8.34.